The van der Waals surface area contributed by atoms with E-state index in [0.29, 0.717) is 39.3 Å². The maximum Gasteiger partial charge on any atom is 0.340 e. The number of carbonyl (C=O) groups is 2. The van der Waals surface area contributed by atoms with Gasteiger partial charge in [0.1, 0.15) is 0 Å². The summed E-state index contributed by atoms with van der Waals surface area (Å²) in [6, 6.07) is 3.89. The number of nitrogens with one attached hydrogen (secondary N) is 1. The Bertz CT molecular complexity index is 793. The van der Waals surface area contributed by atoms with Gasteiger partial charge in [0.15, 0.2) is 6.61 Å². The minimum Gasteiger partial charge on any atom is -0.452 e. The second kappa shape index (κ2) is 10.8. The Hall–Kier alpha value is -1.68. The Kier molecular flexibility index (Phi) is 8.68. The van der Waals surface area contributed by atoms with Crippen molar-refractivity contribution >= 4 is 33.5 Å². The number of esters is 1. The van der Waals surface area contributed by atoms with E-state index >= 15 is 0 Å². The number of nitrogens with zero attached hydrogens (tertiary/aromatic N) is 1. The summed E-state index contributed by atoms with van der Waals surface area (Å²) in [5, 5.41) is 2.66. The number of amides is 1. The largest absolute Gasteiger partial charge is 0.452 e. The van der Waals surface area contributed by atoms with Gasteiger partial charge >= 0.3 is 5.97 Å². The van der Waals surface area contributed by atoms with Crippen LogP contribution in [0.25, 0.3) is 0 Å². The zero-order chi connectivity index (χ0) is 20.6. The van der Waals surface area contributed by atoms with Gasteiger partial charge in [0.05, 0.1) is 15.5 Å². The molecule has 0 radical (unpaired) electrons. The highest BCUT2D eigenvalue weighted by Gasteiger charge is 2.28. The maximum atomic E-state index is 12.6. The van der Waals surface area contributed by atoms with E-state index in [9.17, 15) is 18.0 Å². The van der Waals surface area contributed by atoms with Crippen molar-refractivity contribution in [2.45, 2.75) is 31.1 Å². The number of benzene rings is 1. The van der Waals surface area contributed by atoms with Crippen LogP contribution in [0, 0.1) is 0 Å². The van der Waals surface area contributed by atoms with E-state index in [1.165, 1.54) is 22.5 Å². The SMILES string of the molecule is CCOCCCNC(=O)COC(=O)c1cc(S(=O)(=O)N2CCCC2)ccc1Cl. The highest BCUT2D eigenvalue weighted by Crippen LogP contribution is 2.25. The lowest BCUT2D eigenvalue weighted by Gasteiger charge is -2.16. The molecule has 0 bridgehead atoms. The monoisotopic (exact) mass is 432 g/mol. The molecule has 156 valence electrons. The van der Waals surface area contributed by atoms with E-state index in [1.807, 2.05) is 6.92 Å². The lowest BCUT2D eigenvalue weighted by molar-refractivity contribution is -0.124. The molecule has 1 aliphatic heterocycles. The lowest BCUT2D eigenvalue weighted by atomic mass is 10.2. The molecule has 0 atom stereocenters. The van der Waals surface area contributed by atoms with Crippen molar-refractivity contribution in [2.75, 3.05) is 39.5 Å². The number of ether oxygens (including phenoxy) is 2. The van der Waals surface area contributed by atoms with Crippen molar-refractivity contribution in [3.63, 3.8) is 0 Å². The molecule has 1 aliphatic rings. The summed E-state index contributed by atoms with van der Waals surface area (Å²) in [5.41, 5.74) is -0.0916. The van der Waals surface area contributed by atoms with Crippen molar-refractivity contribution in [2.24, 2.45) is 0 Å². The quantitative estimate of drug-likeness (QED) is 0.447. The molecule has 1 amide bonds. The minimum atomic E-state index is -3.69. The molecular weight excluding hydrogens is 408 g/mol. The van der Waals surface area contributed by atoms with Gasteiger partial charge in [0, 0.05) is 32.8 Å². The Labute approximate surface area is 170 Å². The summed E-state index contributed by atoms with van der Waals surface area (Å²) in [5.74, 6) is -1.31. The average molecular weight is 433 g/mol. The van der Waals surface area contributed by atoms with Crippen LogP contribution in [0.5, 0.6) is 0 Å². The number of carbonyl (C=O) groups excluding carboxylic acids is 2. The second-order valence-corrected chi connectivity index (χ2v) is 8.57. The average Bonchev–Trinajstić information content (AvgIpc) is 3.22. The summed E-state index contributed by atoms with van der Waals surface area (Å²) < 4.78 is 36.8. The van der Waals surface area contributed by atoms with Crippen molar-refractivity contribution in [1.82, 2.24) is 9.62 Å². The van der Waals surface area contributed by atoms with Crippen molar-refractivity contribution in [3.05, 3.63) is 28.8 Å². The molecule has 0 aromatic heterocycles. The van der Waals surface area contributed by atoms with Gasteiger partial charge in [-0.3, -0.25) is 4.79 Å². The first-order valence-corrected chi connectivity index (χ1v) is 11.0. The van der Waals surface area contributed by atoms with Crippen molar-refractivity contribution < 1.29 is 27.5 Å². The molecule has 10 heteroatoms. The fourth-order valence-electron chi connectivity index (χ4n) is 2.71. The zero-order valence-electron chi connectivity index (χ0n) is 15.8. The van der Waals surface area contributed by atoms with Crippen LogP contribution in [0.2, 0.25) is 5.02 Å². The molecule has 8 nitrogen and oxygen atoms in total. The number of hydrogen-bond donors (Lipinski definition) is 1. The highest BCUT2D eigenvalue weighted by molar-refractivity contribution is 7.89. The highest BCUT2D eigenvalue weighted by atomic mass is 35.5. The molecule has 0 spiro atoms. The maximum absolute atomic E-state index is 12.6. The Morgan fingerprint density at radius 2 is 1.96 bits per heavy atom. The zero-order valence-corrected chi connectivity index (χ0v) is 17.4. The van der Waals surface area contributed by atoms with Gasteiger partial charge in [-0.15, -0.1) is 0 Å². The van der Waals surface area contributed by atoms with Gasteiger partial charge in [-0.25, -0.2) is 13.2 Å². The Morgan fingerprint density at radius 1 is 1.25 bits per heavy atom. The minimum absolute atomic E-state index is 0.0221. The summed E-state index contributed by atoms with van der Waals surface area (Å²) in [6.45, 7) is 3.86. The van der Waals surface area contributed by atoms with E-state index in [0.717, 1.165) is 12.8 Å². The molecular formula is C18H25ClN2O6S. The summed E-state index contributed by atoms with van der Waals surface area (Å²) >= 11 is 6.02. The van der Waals surface area contributed by atoms with Gasteiger partial charge in [0.2, 0.25) is 10.0 Å². The van der Waals surface area contributed by atoms with Crippen LogP contribution in [0.4, 0.5) is 0 Å². The first kappa shape index (κ1) is 22.6. The molecule has 0 saturated carbocycles. The fourth-order valence-corrected chi connectivity index (χ4v) is 4.44. The molecule has 0 aliphatic carbocycles. The molecule has 1 N–H and O–H groups in total. The third kappa shape index (κ3) is 6.16. The summed E-state index contributed by atoms with van der Waals surface area (Å²) in [7, 11) is -3.69. The van der Waals surface area contributed by atoms with Crippen LogP contribution < -0.4 is 5.32 Å². The van der Waals surface area contributed by atoms with Crippen LogP contribution in [0.3, 0.4) is 0 Å². The summed E-state index contributed by atoms with van der Waals surface area (Å²) in [6.07, 6.45) is 2.26. The molecule has 1 fully saturated rings. The van der Waals surface area contributed by atoms with Crippen LogP contribution >= 0.6 is 11.6 Å². The van der Waals surface area contributed by atoms with E-state index in [2.05, 4.69) is 5.32 Å². The first-order chi connectivity index (χ1) is 13.4. The fraction of sp³-hybridized carbons (Fsp3) is 0.556. The molecule has 28 heavy (non-hydrogen) atoms. The smallest absolute Gasteiger partial charge is 0.340 e. The van der Waals surface area contributed by atoms with Gasteiger partial charge in [0.25, 0.3) is 5.91 Å². The van der Waals surface area contributed by atoms with Crippen LogP contribution in [-0.2, 0) is 24.3 Å². The van der Waals surface area contributed by atoms with Gasteiger partial charge < -0.3 is 14.8 Å². The number of hydrogen-bond acceptors (Lipinski definition) is 6. The molecule has 2 rings (SSSR count). The number of sulfonamides is 1. The molecule has 0 unspecified atom stereocenters. The third-order valence-corrected chi connectivity index (χ3v) is 6.41. The predicted molar refractivity (Wildman–Crippen MR) is 104 cm³/mol. The normalized spacial score (nSPS) is 14.8. The van der Waals surface area contributed by atoms with E-state index in [1.54, 1.807) is 0 Å². The number of halogens is 1. The number of rotatable bonds is 10. The van der Waals surface area contributed by atoms with Crippen LogP contribution in [0.1, 0.15) is 36.5 Å². The lowest BCUT2D eigenvalue weighted by Crippen LogP contribution is -2.30. The van der Waals surface area contributed by atoms with Gasteiger partial charge in [-0.05, 0) is 44.4 Å². The van der Waals surface area contributed by atoms with Crippen LogP contribution in [0.15, 0.2) is 23.1 Å². The van der Waals surface area contributed by atoms with E-state index in [4.69, 9.17) is 21.1 Å². The first-order valence-electron chi connectivity index (χ1n) is 9.17. The molecule has 1 heterocycles. The topological polar surface area (TPSA) is 102 Å². The van der Waals surface area contributed by atoms with Gasteiger partial charge in [-0.1, -0.05) is 11.6 Å². The molecule has 1 aromatic rings. The van der Waals surface area contributed by atoms with E-state index < -0.39 is 28.5 Å². The van der Waals surface area contributed by atoms with Gasteiger partial charge in [-0.2, -0.15) is 4.31 Å². The van der Waals surface area contributed by atoms with Crippen molar-refractivity contribution in [3.8, 4) is 0 Å². The summed E-state index contributed by atoms with van der Waals surface area (Å²) in [4.78, 5) is 24.0. The molecule has 1 saturated heterocycles. The predicted octanol–water partition coefficient (Wildman–Crippen LogP) is 1.82. The Morgan fingerprint density at radius 3 is 2.64 bits per heavy atom. The van der Waals surface area contributed by atoms with Crippen LogP contribution in [-0.4, -0.2) is 64.1 Å². The van der Waals surface area contributed by atoms with E-state index in [-0.39, 0.29) is 15.5 Å². The Balaban J connectivity index is 1.95. The van der Waals surface area contributed by atoms with Crippen molar-refractivity contribution in [1.29, 1.82) is 0 Å². The third-order valence-electron chi connectivity index (χ3n) is 4.19. The second-order valence-electron chi connectivity index (χ2n) is 6.23. The standard InChI is InChI=1S/C18H25ClN2O6S/c1-2-26-11-5-8-20-17(22)13-27-18(23)15-12-14(6-7-16(15)19)28(24,25)21-9-3-4-10-21/h6-7,12H,2-5,8-11,13H2,1H3,(H,20,22). The molecule has 1 aromatic carbocycles.